The maximum absolute atomic E-state index is 5.37. The highest BCUT2D eigenvalue weighted by molar-refractivity contribution is 5.59. The van der Waals surface area contributed by atoms with E-state index in [1.54, 1.807) is 6.26 Å². The molecule has 90 valence electrons. The SMILES string of the molecule is Cc1cc(C)n(-c2ccc(-c3ccco3)cc2)n1. The molecule has 2 heterocycles. The first kappa shape index (κ1) is 10.8. The summed E-state index contributed by atoms with van der Waals surface area (Å²) in [5.41, 5.74) is 4.31. The maximum Gasteiger partial charge on any atom is 0.133 e. The molecule has 0 radical (unpaired) electrons. The predicted octanol–water partition coefficient (Wildman–Crippen LogP) is 3.75. The molecule has 0 saturated carbocycles. The molecule has 0 N–H and O–H groups in total. The number of benzene rings is 1. The van der Waals surface area contributed by atoms with E-state index in [4.69, 9.17) is 4.42 Å². The van der Waals surface area contributed by atoms with Crippen molar-refractivity contribution in [3.8, 4) is 17.0 Å². The Bertz CT molecular complexity index is 648. The first-order chi connectivity index (χ1) is 8.74. The fourth-order valence-corrected chi connectivity index (χ4v) is 2.10. The van der Waals surface area contributed by atoms with Crippen LogP contribution < -0.4 is 0 Å². The van der Waals surface area contributed by atoms with Crippen molar-refractivity contribution >= 4 is 0 Å². The lowest BCUT2D eigenvalue weighted by Crippen LogP contribution is -1.98. The summed E-state index contributed by atoms with van der Waals surface area (Å²) in [5, 5.41) is 4.47. The molecule has 3 rings (SSSR count). The molecule has 3 heteroatoms. The minimum Gasteiger partial charge on any atom is -0.464 e. The zero-order valence-corrected chi connectivity index (χ0v) is 10.4. The average Bonchev–Trinajstić information content (AvgIpc) is 2.99. The minimum absolute atomic E-state index is 0.884. The molecule has 1 aromatic carbocycles. The van der Waals surface area contributed by atoms with E-state index in [9.17, 15) is 0 Å². The van der Waals surface area contributed by atoms with Gasteiger partial charge in [0.25, 0.3) is 0 Å². The van der Waals surface area contributed by atoms with Crippen LogP contribution in [0.3, 0.4) is 0 Å². The van der Waals surface area contributed by atoms with E-state index in [1.807, 2.05) is 35.9 Å². The Morgan fingerprint density at radius 2 is 1.83 bits per heavy atom. The standard InChI is InChI=1S/C15H14N2O/c1-11-10-12(2)17(16-11)14-7-5-13(6-8-14)15-4-3-9-18-15/h3-10H,1-2H3. The smallest absolute Gasteiger partial charge is 0.133 e. The summed E-state index contributed by atoms with van der Waals surface area (Å²) < 4.78 is 7.32. The van der Waals surface area contributed by atoms with Crippen LogP contribution in [0.2, 0.25) is 0 Å². The third-order valence-electron chi connectivity index (χ3n) is 2.93. The van der Waals surface area contributed by atoms with Gasteiger partial charge in [-0.15, -0.1) is 0 Å². The second kappa shape index (κ2) is 4.18. The van der Waals surface area contributed by atoms with Crippen molar-refractivity contribution in [1.82, 2.24) is 9.78 Å². The van der Waals surface area contributed by atoms with Crippen LogP contribution in [0, 0.1) is 13.8 Å². The molecule has 0 aliphatic heterocycles. The summed E-state index contributed by atoms with van der Waals surface area (Å²) in [6, 6.07) is 14.1. The van der Waals surface area contributed by atoms with Crippen molar-refractivity contribution < 1.29 is 4.42 Å². The Morgan fingerprint density at radius 1 is 1.06 bits per heavy atom. The summed E-state index contributed by atoms with van der Waals surface area (Å²) in [4.78, 5) is 0. The molecule has 2 aromatic heterocycles. The maximum atomic E-state index is 5.37. The highest BCUT2D eigenvalue weighted by Gasteiger charge is 2.05. The Morgan fingerprint density at radius 3 is 2.39 bits per heavy atom. The van der Waals surface area contributed by atoms with E-state index >= 15 is 0 Å². The van der Waals surface area contributed by atoms with Gasteiger partial charge in [-0.2, -0.15) is 5.10 Å². The van der Waals surface area contributed by atoms with Gasteiger partial charge in [0.15, 0.2) is 0 Å². The van der Waals surface area contributed by atoms with Crippen LogP contribution in [0.15, 0.2) is 53.1 Å². The zero-order chi connectivity index (χ0) is 12.5. The van der Waals surface area contributed by atoms with Crippen LogP contribution >= 0.6 is 0 Å². The molecule has 18 heavy (non-hydrogen) atoms. The highest BCUT2D eigenvalue weighted by atomic mass is 16.3. The molecule has 3 aromatic rings. The highest BCUT2D eigenvalue weighted by Crippen LogP contribution is 2.21. The topological polar surface area (TPSA) is 31.0 Å². The Kier molecular flexibility index (Phi) is 2.52. The number of furan rings is 1. The van der Waals surface area contributed by atoms with Gasteiger partial charge in [0.2, 0.25) is 0 Å². The minimum atomic E-state index is 0.884. The van der Waals surface area contributed by atoms with Gasteiger partial charge in [-0.05, 0) is 56.3 Å². The van der Waals surface area contributed by atoms with Crippen LogP contribution in [0.5, 0.6) is 0 Å². The fraction of sp³-hybridized carbons (Fsp3) is 0.133. The van der Waals surface area contributed by atoms with E-state index in [1.165, 1.54) is 0 Å². The summed E-state index contributed by atoms with van der Waals surface area (Å²) in [6.07, 6.45) is 1.68. The lowest BCUT2D eigenvalue weighted by molar-refractivity contribution is 0.582. The van der Waals surface area contributed by atoms with Gasteiger partial charge < -0.3 is 4.42 Å². The zero-order valence-electron chi connectivity index (χ0n) is 10.4. The fourth-order valence-electron chi connectivity index (χ4n) is 2.10. The Labute approximate surface area is 106 Å². The molecule has 0 amide bonds. The normalized spacial score (nSPS) is 10.8. The number of hydrogen-bond donors (Lipinski definition) is 0. The van der Waals surface area contributed by atoms with Crippen molar-refractivity contribution in [3.05, 3.63) is 60.1 Å². The predicted molar refractivity (Wildman–Crippen MR) is 70.7 cm³/mol. The number of aryl methyl sites for hydroxylation is 2. The second-order valence-corrected chi connectivity index (χ2v) is 4.36. The molecule has 0 unspecified atom stereocenters. The molecule has 0 fully saturated rings. The summed E-state index contributed by atoms with van der Waals surface area (Å²) in [7, 11) is 0. The van der Waals surface area contributed by atoms with E-state index in [0.717, 1.165) is 28.4 Å². The quantitative estimate of drug-likeness (QED) is 0.680. The van der Waals surface area contributed by atoms with Gasteiger partial charge in [-0.25, -0.2) is 4.68 Å². The lowest BCUT2D eigenvalue weighted by Gasteiger charge is -2.05. The molecule has 3 nitrogen and oxygen atoms in total. The molecule has 0 spiro atoms. The third kappa shape index (κ3) is 1.84. The van der Waals surface area contributed by atoms with Gasteiger partial charge in [0, 0.05) is 11.3 Å². The summed E-state index contributed by atoms with van der Waals surface area (Å²) in [6.45, 7) is 4.06. The van der Waals surface area contributed by atoms with Crippen LogP contribution in [-0.2, 0) is 0 Å². The van der Waals surface area contributed by atoms with E-state index < -0.39 is 0 Å². The Hall–Kier alpha value is -2.29. The molecule has 0 atom stereocenters. The van der Waals surface area contributed by atoms with Crippen LogP contribution in [0.25, 0.3) is 17.0 Å². The van der Waals surface area contributed by atoms with Crippen LogP contribution in [0.1, 0.15) is 11.4 Å². The number of aromatic nitrogens is 2. The summed E-state index contributed by atoms with van der Waals surface area (Å²) >= 11 is 0. The third-order valence-corrected chi connectivity index (χ3v) is 2.93. The number of hydrogen-bond acceptors (Lipinski definition) is 2. The van der Waals surface area contributed by atoms with Gasteiger partial charge in [-0.1, -0.05) is 0 Å². The van der Waals surface area contributed by atoms with Crippen molar-refractivity contribution in [2.24, 2.45) is 0 Å². The van der Waals surface area contributed by atoms with Crippen molar-refractivity contribution in [2.45, 2.75) is 13.8 Å². The molecule has 0 aliphatic carbocycles. The van der Waals surface area contributed by atoms with Crippen molar-refractivity contribution in [1.29, 1.82) is 0 Å². The molecular formula is C15H14N2O. The van der Waals surface area contributed by atoms with Crippen molar-refractivity contribution in [2.75, 3.05) is 0 Å². The molecule has 0 saturated heterocycles. The van der Waals surface area contributed by atoms with Crippen LogP contribution in [-0.4, -0.2) is 9.78 Å². The van der Waals surface area contributed by atoms with E-state index in [-0.39, 0.29) is 0 Å². The average molecular weight is 238 g/mol. The van der Waals surface area contributed by atoms with Gasteiger partial charge in [0.05, 0.1) is 17.6 Å². The van der Waals surface area contributed by atoms with E-state index in [2.05, 4.69) is 30.2 Å². The monoisotopic (exact) mass is 238 g/mol. The van der Waals surface area contributed by atoms with Gasteiger partial charge >= 0.3 is 0 Å². The Balaban J connectivity index is 1.99. The molecule has 0 aliphatic rings. The lowest BCUT2D eigenvalue weighted by atomic mass is 10.1. The first-order valence-corrected chi connectivity index (χ1v) is 5.91. The van der Waals surface area contributed by atoms with Crippen LogP contribution in [0.4, 0.5) is 0 Å². The summed E-state index contributed by atoms with van der Waals surface area (Å²) in [5.74, 6) is 0.884. The second-order valence-electron chi connectivity index (χ2n) is 4.36. The first-order valence-electron chi connectivity index (χ1n) is 5.91. The van der Waals surface area contributed by atoms with Crippen molar-refractivity contribution in [3.63, 3.8) is 0 Å². The molecular weight excluding hydrogens is 224 g/mol. The number of rotatable bonds is 2. The van der Waals surface area contributed by atoms with Gasteiger partial charge in [0.1, 0.15) is 5.76 Å². The number of nitrogens with zero attached hydrogens (tertiary/aromatic N) is 2. The largest absolute Gasteiger partial charge is 0.464 e. The molecule has 0 bridgehead atoms. The van der Waals surface area contributed by atoms with E-state index in [0.29, 0.717) is 0 Å². The van der Waals surface area contributed by atoms with Gasteiger partial charge in [-0.3, -0.25) is 0 Å².